The minimum absolute atomic E-state index is 0.430. The van der Waals surface area contributed by atoms with Crippen molar-refractivity contribution in [3.8, 4) is 22.6 Å². The highest BCUT2D eigenvalue weighted by Gasteiger charge is 2.17. The van der Waals surface area contributed by atoms with Crippen molar-refractivity contribution in [3.63, 3.8) is 0 Å². The van der Waals surface area contributed by atoms with Crippen molar-refractivity contribution in [1.82, 2.24) is 25.1 Å². The van der Waals surface area contributed by atoms with Crippen LogP contribution < -0.4 is 0 Å². The van der Waals surface area contributed by atoms with Gasteiger partial charge in [0.25, 0.3) is 5.22 Å². The highest BCUT2D eigenvalue weighted by atomic mass is 32.2. The van der Waals surface area contributed by atoms with Crippen LogP contribution in [0.25, 0.3) is 32.8 Å². The average Bonchev–Trinajstić information content (AvgIpc) is 3.37. The first kappa shape index (κ1) is 17.0. The zero-order valence-corrected chi connectivity index (χ0v) is 16.4. The van der Waals surface area contributed by atoms with Gasteiger partial charge in [0.05, 0.1) is 10.9 Å². The first-order valence-corrected chi connectivity index (χ1v) is 10.2. The quantitative estimate of drug-likeness (QED) is 0.379. The molecule has 0 aliphatic rings. The van der Waals surface area contributed by atoms with Gasteiger partial charge < -0.3 is 4.42 Å². The van der Waals surface area contributed by atoms with E-state index >= 15 is 0 Å². The third-order valence-corrected chi connectivity index (χ3v) is 5.93. The van der Waals surface area contributed by atoms with Crippen molar-refractivity contribution in [3.05, 3.63) is 66.1 Å². The normalized spacial score (nSPS) is 11.2. The van der Waals surface area contributed by atoms with Gasteiger partial charge in [0.2, 0.25) is 5.89 Å². The van der Waals surface area contributed by atoms with Gasteiger partial charge in [-0.25, -0.2) is 9.97 Å². The number of hydrogen-bond donors (Lipinski definition) is 0. The van der Waals surface area contributed by atoms with Crippen LogP contribution in [0.15, 0.2) is 75.2 Å². The fourth-order valence-corrected chi connectivity index (χ4v) is 4.57. The molecule has 1 aromatic carbocycles. The number of thiophene rings is 1. The van der Waals surface area contributed by atoms with Gasteiger partial charge in [0.1, 0.15) is 16.2 Å². The van der Waals surface area contributed by atoms with E-state index in [0.29, 0.717) is 11.1 Å². The van der Waals surface area contributed by atoms with Gasteiger partial charge in [-0.05, 0) is 36.4 Å². The predicted octanol–water partition coefficient (Wildman–Crippen LogP) is 5.26. The van der Waals surface area contributed by atoms with Crippen LogP contribution in [0.5, 0.6) is 0 Å². The Morgan fingerprint density at radius 1 is 1.00 bits per heavy atom. The summed E-state index contributed by atoms with van der Waals surface area (Å²) < 4.78 is 5.80. The van der Waals surface area contributed by atoms with E-state index in [2.05, 4.69) is 61.7 Å². The van der Waals surface area contributed by atoms with Crippen molar-refractivity contribution in [2.75, 3.05) is 0 Å². The zero-order valence-electron chi connectivity index (χ0n) is 14.7. The van der Waals surface area contributed by atoms with Gasteiger partial charge in [0.15, 0.2) is 0 Å². The molecule has 0 amide bonds. The summed E-state index contributed by atoms with van der Waals surface area (Å²) in [4.78, 5) is 13.9. The summed E-state index contributed by atoms with van der Waals surface area (Å²) in [6.07, 6.45) is 4.97. The number of rotatable bonds is 4. The Labute approximate surface area is 168 Å². The molecule has 0 unspecified atom stereocenters. The first-order valence-electron chi connectivity index (χ1n) is 8.49. The molecule has 6 nitrogen and oxygen atoms in total. The fourth-order valence-electron chi connectivity index (χ4n) is 2.81. The van der Waals surface area contributed by atoms with Gasteiger partial charge in [0, 0.05) is 23.3 Å². The summed E-state index contributed by atoms with van der Waals surface area (Å²) in [6.45, 7) is 2.08. The summed E-state index contributed by atoms with van der Waals surface area (Å²) in [5.74, 6) is 0.435. The maximum absolute atomic E-state index is 5.80. The maximum Gasteiger partial charge on any atom is 0.283 e. The van der Waals surface area contributed by atoms with Crippen LogP contribution in [-0.4, -0.2) is 25.1 Å². The summed E-state index contributed by atoms with van der Waals surface area (Å²) in [5, 5.41) is 12.6. The minimum Gasteiger partial charge on any atom is -0.411 e. The van der Waals surface area contributed by atoms with E-state index < -0.39 is 0 Å². The zero-order chi connectivity index (χ0) is 18.9. The molecule has 0 spiro atoms. The van der Waals surface area contributed by atoms with Crippen molar-refractivity contribution in [2.24, 2.45) is 0 Å². The van der Waals surface area contributed by atoms with E-state index in [1.807, 2.05) is 12.1 Å². The average molecular weight is 403 g/mol. The molecular weight excluding hydrogens is 390 g/mol. The number of hydrogen-bond acceptors (Lipinski definition) is 8. The van der Waals surface area contributed by atoms with Crippen LogP contribution in [-0.2, 0) is 0 Å². The summed E-state index contributed by atoms with van der Waals surface area (Å²) in [5.41, 5.74) is 4.25. The third kappa shape index (κ3) is 3.17. The van der Waals surface area contributed by atoms with Crippen LogP contribution in [0.2, 0.25) is 0 Å². The largest absolute Gasteiger partial charge is 0.411 e. The molecule has 8 heteroatoms. The molecule has 4 heterocycles. The Kier molecular flexibility index (Phi) is 4.34. The van der Waals surface area contributed by atoms with E-state index in [1.54, 1.807) is 30.1 Å². The van der Waals surface area contributed by atoms with Crippen LogP contribution in [0.1, 0.15) is 5.56 Å². The molecule has 0 atom stereocenters. The summed E-state index contributed by atoms with van der Waals surface area (Å²) in [6, 6.07) is 12.2. The van der Waals surface area contributed by atoms with Crippen LogP contribution in [0.3, 0.4) is 0 Å². The lowest BCUT2D eigenvalue weighted by atomic mass is 10.1. The molecule has 4 aromatic heterocycles. The molecule has 5 rings (SSSR count). The standard InChI is InChI=1S/C20H13N5OS2/c1-12-4-6-13(7-5-12)15-10-27-18-16(15)19(23-11-22-18)28-20-25-24-17(26-20)14-3-2-8-21-9-14/h2-11H,1H3. The van der Waals surface area contributed by atoms with E-state index in [1.165, 1.54) is 17.3 Å². The third-order valence-electron chi connectivity index (χ3n) is 4.20. The number of fused-ring (bicyclic) bond motifs is 1. The van der Waals surface area contributed by atoms with Crippen molar-refractivity contribution >= 4 is 33.3 Å². The molecule has 0 N–H and O–H groups in total. The molecule has 0 radical (unpaired) electrons. The smallest absolute Gasteiger partial charge is 0.283 e. The topological polar surface area (TPSA) is 77.6 Å². The molecule has 0 saturated carbocycles. The van der Waals surface area contributed by atoms with Gasteiger partial charge in [-0.3, -0.25) is 4.98 Å². The number of benzene rings is 1. The van der Waals surface area contributed by atoms with Crippen LogP contribution in [0, 0.1) is 6.92 Å². The second-order valence-corrected chi connectivity index (χ2v) is 7.89. The van der Waals surface area contributed by atoms with Crippen molar-refractivity contribution < 1.29 is 4.42 Å². The number of nitrogens with zero attached hydrogens (tertiary/aromatic N) is 5. The van der Waals surface area contributed by atoms with Crippen LogP contribution >= 0.6 is 23.1 Å². The van der Waals surface area contributed by atoms with E-state index in [-0.39, 0.29) is 0 Å². The van der Waals surface area contributed by atoms with E-state index in [4.69, 9.17) is 4.42 Å². The van der Waals surface area contributed by atoms with Gasteiger partial charge in [-0.2, -0.15) is 0 Å². The Morgan fingerprint density at radius 3 is 2.71 bits per heavy atom. The lowest BCUT2D eigenvalue weighted by Gasteiger charge is -2.03. The first-order chi connectivity index (χ1) is 13.8. The second kappa shape index (κ2) is 7.14. The Morgan fingerprint density at radius 2 is 1.89 bits per heavy atom. The SMILES string of the molecule is Cc1ccc(-c2csc3ncnc(Sc4nnc(-c5cccnc5)o4)c23)cc1. The van der Waals surface area contributed by atoms with Gasteiger partial charge >= 0.3 is 0 Å². The monoisotopic (exact) mass is 403 g/mol. The molecule has 0 aliphatic heterocycles. The Bertz CT molecular complexity index is 1250. The lowest BCUT2D eigenvalue weighted by Crippen LogP contribution is -1.86. The predicted molar refractivity (Wildman–Crippen MR) is 109 cm³/mol. The van der Waals surface area contributed by atoms with E-state index in [0.717, 1.165) is 31.9 Å². The molecule has 0 aliphatic carbocycles. The van der Waals surface area contributed by atoms with E-state index in [9.17, 15) is 0 Å². The van der Waals surface area contributed by atoms with Gasteiger partial charge in [-0.1, -0.05) is 29.8 Å². The highest BCUT2D eigenvalue weighted by molar-refractivity contribution is 7.99. The van der Waals surface area contributed by atoms with Crippen molar-refractivity contribution in [2.45, 2.75) is 17.2 Å². The second-order valence-electron chi connectivity index (χ2n) is 6.09. The number of aromatic nitrogens is 5. The molecule has 136 valence electrons. The van der Waals surface area contributed by atoms with Crippen molar-refractivity contribution in [1.29, 1.82) is 0 Å². The maximum atomic E-state index is 5.80. The fraction of sp³-hybridized carbons (Fsp3) is 0.0500. The van der Waals surface area contributed by atoms with Crippen LogP contribution in [0.4, 0.5) is 0 Å². The lowest BCUT2D eigenvalue weighted by molar-refractivity contribution is 0.465. The summed E-state index contributed by atoms with van der Waals surface area (Å²) >= 11 is 2.94. The minimum atomic E-state index is 0.430. The van der Waals surface area contributed by atoms with Gasteiger partial charge in [-0.15, -0.1) is 21.5 Å². The number of aryl methyl sites for hydroxylation is 1. The molecule has 5 aromatic rings. The Balaban J connectivity index is 1.54. The molecule has 0 fully saturated rings. The molecule has 0 saturated heterocycles. The molecule has 0 bridgehead atoms. The summed E-state index contributed by atoms with van der Waals surface area (Å²) in [7, 11) is 0. The number of pyridine rings is 1. The molecule has 28 heavy (non-hydrogen) atoms. The Hall–Kier alpha value is -3.10. The highest BCUT2D eigenvalue weighted by Crippen LogP contribution is 2.40. The molecular formula is C20H13N5OS2.